The van der Waals surface area contributed by atoms with Crippen LogP contribution in [0.2, 0.25) is 0 Å². The van der Waals surface area contributed by atoms with Gasteiger partial charge in [0.1, 0.15) is 0 Å². The summed E-state index contributed by atoms with van der Waals surface area (Å²) in [6, 6.07) is 0. The van der Waals surface area contributed by atoms with Gasteiger partial charge < -0.3 is 16.4 Å². The third-order valence-corrected chi connectivity index (χ3v) is 1.74. The molecule has 8 heteroatoms. The van der Waals surface area contributed by atoms with Crippen molar-refractivity contribution in [3.05, 3.63) is 5.82 Å². The summed E-state index contributed by atoms with van der Waals surface area (Å²) in [6.07, 6.45) is 0. The Labute approximate surface area is 91.5 Å². The SMILES string of the molecule is CNC(=O)CNc1nc(N)nc(CCl)n1. The second kappa shape index (κ2) is 5.30. The Kier molecular flexibility index (Phi) is 4.04. The van der Waals surface area contributed by atoms with Gasteiger partial charge in [-0.15, -0.1) is 11.6 Å². The van der Waals surface area contributed by atoms with Crippen LogP contribution in [0.1, 0.15) is 5.82 Å². The average Bonchev–Trinajstić information content (AvgIpc) is 2.25. The lowest BCUT2D eigenvalue weighted by Gasteiger charge is -2.04. The zero-order valence-electron chi connectivity index (χ0n) is 8.12. The number of halogens is 1. The topological polar surface area (TPSA) is 106 Å². The number of aromatic nitrogens is 3. The third-order valence-electron chi connectivity index (χ3n) is 1.50. The van der Waals surface area contributed by atoms with Gasteiger partial charge in [0.25, 0.3) is 0 Å². The van der Waals surface area contributed by atoms with Gasteiger partial charge in [-0.2, -0.15) is 15.0 Å². The van der Waals surface area contributed by atoms with Crippen LogP contribution in [0.4, 0.5) is 11.9 Å². The number of hydrogen-bond acceptors (Lipinski definition) is 6. The molecule has 0 unspecified atom stereocenters. The van der Waals surface area contributed by atoms with Crippen LogP contribution in [0.3, 0.4) is 0 Å². The number of carbonyl (C=O) groups is 1. The lowest BCUT2D eigenvalue weighted by Crippen LogP contribution is -2.27. The van der Waals surface area contributed by atoms with E-state index in [1.165, 1.54) is 7.05 Å². The number of likely N-dealkylation sites (N-methyl/N-ethyl adjacent to an activating group) is 1. The molecule has 0 aliphatic heterocycles. The lowest BCUT2D eigenvalue weighted by atomic mass is 10.6. The number of anilines is 2. The molecule has 1 amide bonds. The van der Waals surface area contributed by atoms with Crippen molar-refractivity contribution in [1.82, 2.24) is 20.3 Å². The van der Waals surface area contributed by atoms with Crippen LogP contribution in [-0.4, -0.2) is 34.5 Å². The molecule has 82 valence electrons. The van der Waals surface area contributed by atoms with Crippen molar-refractivity contribution in [3.63, 3.8) is 0 Å². The van der Waals surface area contributed by atoms with E-state index in [-0.39, 0.29) is 30.2 Å². The number of nitrogens with zero attached hydrogens (tertiary/aromatic N) is 3. The number of nitrogen functional groups attached to an aromatic ring is 1. The number of amides is 1. The van der Waals surface area contributed by atoms with Crippen molar-refractivity contribution in [2.75, 3.05) is 24.6 Å². The largest absolute Gasteiger partial charge is 0.368 e. The van der Waals surface area contributed by atoms with Gasteiger partial charge in [-0.05, 0) is 0 Å². The summed E-state index contributed by atoms with van der Waals surface area (Å²) in [6.45, 7) is 0.0711. The molecule has 1 heterocycles. The average molecular weight is 231 g/mol. The molecule has 0 aliphatic rings. The van der Waals surface area contributed by atoms with Crippen LogP contribution in [0.5, 0.6) is 0 Å². The Morgan fingerprint density at radius 2 is 2.20 bits per heavy atom. The summed E-state index contributed by atoms with van der Waals surface area (Å²) < 4.78 is 0. The summed E-state index contributed by atoms with van der Waals surface area (Å²) in [5.41, 5.74) is 5.41. The standard InChI is InChI=1S/C7H11ClN6O/c1-10-5(15)3-11-7-13-4(2-8)12-6(9)14-7/h2-3H2,1H3,(H,10,15)(H3,9,11,12,13,14). The minimum absolute atomic E-state index is 0.0695. The van der Waals surface area contributed by atoms with Gasteiger partial charge in [0.05, 0.1) is 12.4 Å². The maximum Gasteiger partial charge on any atom is 0.239 e. The molecule has 1 rings (SSSR count). The van der Waals surface area contributed by atoms with Gasteiger partial charge >= 0.3 is 0 Å². The van der Waals surface area contributed by atoms with Gasteiger partial charge in [0, 0.05) is 7.05 Å². The van der Waals surface area contributed by atoms with Gasteiger partial charge in [-0.25, -0.2) is 0 Å². The molecule has 7 nitrogen and oxygen atoms in total. The first-order chi connectivity index (χ1) is 7.15. The third kappa shape index (κ3) is 3.55. The fraction of sp³-hybridized carbons (Fsp3) is 0.429. The first-order valence-electron chi connectivity index (χ1n) is 4.16. The number of hydrogen-bond donors (Lipinski definition) is 3. The van der Waals surface area contributed by atoms with Gasteiger partial charge in [0.2, 0.25) is 17.8 Å². The Hall–Kier alpha value is -1.63. The molecule has 0 bridgehead atoms. The molecule has 15 heavy (non-hydrogen) atoms. The van der Waals surface area contributed by atoms with Crippen molar-refractivity contribution >= 4 is 29.4 Å². The van der Waals surface area contributed by atoms with E-state index in [4.69, 9.17) is 17.3 Å². The molecule has 1 aromatic heterocycles. The van der Waals surface area contributed by atoms with Crippen LogP contribution in [0, 0.1) is 0 Å². The highest BCUT2D eigenvalue weighted by Crippen LogP contribution is 2.03. The predicted molar refractivity (Wildman–Crippen MR) is 56.4 cm³/mol. The molecule has 0 saturated carbocycles. The summed E-state index contributed by atoms with van der Waals surface area (Å²) in [5, 5.41) is 5.15. The fourth-order valence-corrected chi connectivity index (χ4v) is 0.944. The molecule has 4 N–H and O–H groups in total. The summed E-state index contributed by atoms with van der Waals surface area (Å²) in [7, 11) is 1.54. The van der Waals surface area contributed by atoms with E-state index in [0.717, 1.165) is 0 Å². The van der Waals surface area contributed by atoms with Crippen molar-refractivity contribution in [3.8, 4) is 0 Å². The fourth-order valence-electron chi connectivity index (χ4n) is 0.825. The maximum absolute atomic E-state index is 10.9. The van der Waals surface area contributed by atoms with Crippen molar-refractivity contribution in [2.24, 2.45) is 0 Å². The Bertz CT molecular complexity index is 357. The number of alkyl halides is 1. The number of carbonyl (C=O) groups excluding carboxylic acids is 1. The van der Waals surface area contributed by atoms with E-state index < -0.39 is 0 Å². The molecule has 0 fully saturated rings. The Balaban J connectivity index is 2.68. The minimum atomic E-state index is -0.179. The predicted octanol–water partition coefficient (Wildman–Crippen LogP) is -0.649. The normalized spacial score (nSPS) is 9.73. The maximum atomic E-state index is 10.9. The van der Waals surface area contributed by atoms with Crippen LogP contribution < -0.4 is 16.4 Å². The Morgan fingerprint density at radius 3 is 2.80 bits per heavy atom. The highest BCUT2D eigenvalue weighted by atomic mass is 35.5. The molecule has 0 aliphatic carbocycles. The first-order valence-corrected chi connectivity index (χ1v) is 4.70. The van der Waals surface area contributed by atoms with Crippen LogP contribution in [0.15, 0.2) is 0 Å². The second-order valence-electron chi connectivity index (χ2n) is 2.59. The highest BCUT2D eigenvalue weighted by Gasteiger charge is 2.04. The summed E-state index contributed by atoms with van der Waals surface area (Å²) in [4.78, 5) is 22.4. The lowest BCUT2D eigenvalue weighted by molar-refractivity contribution is -0.118. The van der Waals surface area contributed by atoms with E-state index in [2.05, 4.69) is 25.6 Å². The van der Waals surface area contributed by atoms with Crippen molar-refractivity contribution in [1.29, 1.82) is 0 Å². The number of nitrogens with one attached hydrogen (secondary N) is 2. The second-order valence-corrected chi connectivity index (χ2v) is 2.86. The molecule has 0 radical (unpaired) electrons. The van der Waals surface area contributed by atoms with E-state index in [0.29, 0.717) is 5.82 Å². The number of rotatable bonds is 4. The zero-order valence-corrected chi connectivity index (χ0v) is 8.88. The van der Waals surface area contributed by atoms with Gasteiger partial charge in [-0.3, -0.25) is 4.79 Å². The smallest absolute Gasteiger partial charge is 0.239 e. The molecule has 1 aromatic rings. The summed E-state index contributed by atoms with van der Waals surface area (Å²) in [5.74, 6) is 0.633. The van der Waals surface area contributed by atoms with E-state index in [1.54, 1.807) is 0 Å². The van der Waals surface area contributed by atoms with Crippen molar-refractivity contribution in [2.45, 2.75) is 5.88 Å². The first kappa shape index (κ1) is 11.4. The van der Waals surface area contributed by atoms with E-state index in [1.807, 2.05) is 0 Å². The van der Waals surface area contributed by atoms with Gasteiger partial charge in [-0.1, -0.05) is 0 Å². The van der Waals surface area contributed by atoms with E-state index >= 15 is 0 Å². The molecular formula is C7H11ClN6O. The molecular weight excluding hydrogens is 220 g/mol. The van der Waals surface area contributed by atoms with Crippen LogP contribution in [-0.2, 0) is 10.7 Å². The molecule has 0 saturated heterocycles. The highest BCUT2D eigenvalue weighted by molar-refractivity contribution is 6.16. The minimum Gasteiger partial charge on any atom is -0.368 e. The zero-order chi connectivity index (χ0) is 11.3. The Morgan fingerprint density at radius 1 is 1.47 bits per heavy atom. The van der Waals surface area contributed by atoms with Crippen LogP contribution in [0.25, 0.3) is 0 Å². The van der Waals surface area contributed by atoms with Crippen molar-refractivity contribution < 1.29 is 4.79 Å². The van der Waals surface area contributed by atoms with E-state index in [9.17, 15) is 4.79 Å². The molecule has 0 spiro atoms. The van der Waals surface area contributed by atoms with Gasteiger partial charge in [0.15, 0.2) is 5.82 Å². The quantitative estimate of drug-likeness (QED) is 0.594. The molecule has 0 aromatic carbocycles. The summed E-state index contributed by atoms with van der Waals surface area (Å²) >= 11 is 5.55. The monoisotopic (exact) mass is 230 g/mol. The van der Waals surface area contributed by atoms with Crippen LogP contribution >= 0.6 is 11.6 Å². The molecule has 0 atom stereocenters. The number of nitrogens with two attached hydrogens (primary N) is 1.